The molecule has 1 aromatic rings. The molecule has 1 aliphatic heterocycles. The molecule has 0 bridgehead atoms. The first-order chi connectivity index (χ1) is 9.81. The van der Waals surface area contributed by atoms with E-state index in [2.05, 4.69) is 10.3 Å². The number of carbonyl (C=O) groups is 1. The average molecular weight is 313 g/mol. The number of amides is 1. The first-order valence-corrected chi connectivity index (χ1v) is 8.42. The Labute approximate surface area is 124 Å². The zero-order valence-corrected chi connectivity index (χ0v) is 12.9. The standard InChI is InChI=1S/C13H19N3O4S/c1-13(10-16(6-7-20-13)21(2,18)19)12(17)15-9-11-4-3-5-14-8-11/h3-5,8H,6-7,9-10H2,1-2H3,(H,15,17). The van der Waals surface area contributed by atoms with Crippen LogP contribution in [0.15, 0.2) is 24.5 Å². The fraction of sp³-hybridized carbons (Fsp3) is 0.538. The van der Waals surface area contributed by atoms with Crippen molar-refractivity contribution in [2.75, 3.05) is 26.0 Å². The Kier molecular flexibility index (Phi) is 4.60. The number of nitrogens with zero attached hydrogens (tertiary/aromatic N) is 2. The molecule has 8 heteroatoms. The molecule has 1 saturated heterocycles. The molecular weight excluding hydrogens is 294 g/mol. The number of ether oxygens (including phenoxy) is 1. The van der Waals surface area contributed by atoms with Gasteiger partial charge in [0.25, 0.3) is 5.91 Å². The smallest absolute Gasteiger partial charge is 0.253 e. The van der Waals surface area contributed by atoms with Gasteiger partial charge in [0.05, 0.1) is 19.4 Å². The molecule has 21 heavy (non-hydrogen) atoms. The molecule has 1 aromatic heterocycles. The number of hydrogen-bond acceptors (Lipinski definition) is 5. The van der Waals surface area contributed by atoms with Crippen molar-refractivity contribution in [2.24, 2.45) is 0 Å². The van der Waals surface area contributed by atoms with Crippen molar-refractivity contribution in [1.82, 2.24) is 14.6 Å². The van der Waals surface area contributed by atoms with Crippen LogP contribution in [-0.2, 0) is 26.1 Å². The molecule has 1 N–H and O–H groups in total. The van der Waals surface area contributed by atoms with Gasteiger partial charge in [0.1, 0.15) is 0 Å². The Morgan fingerprint density at radius 2 is 2.33 bits per heavy atom. The maximum absolute atomic E-state index is 12.3. The van der Waals surface area contributed by atoms with Crippen molar-refractivity contribution >= 4 is 15.9 Å². The molecule has 7 nitrogen and oxygen atoms in total. The first kappa shape index (κ1) is 15.9. The normalized spacial score (nSPS) is 23.7. The summed E-state index contributed by atoms with van der Waals surface area (Å²) in [5.41, 5.74) is -0.311. The molecule has 2 heterocycles. The highest BCUT2D eigenvalue weighted by Crippen LogP contribution is 2.20. The fourth-order valence-electron chi connectivity index (χ4n) is 2.13. The zero-order chi connectivity index (χ0) is 15.5. The third-order valence-electron chi connectivity index (χ3n) is 3.36. The molecule has 1 fully saturated rings. The summed E-state index contributed by atoms with van der Waals surface area (Å²) in [6.45, 7) is 2.41. The zero-order valence-electron chi connectivity index (χ0n) is 12.1. The van der Waals surface area contributed by atoms with E-state index in [-0.39, 0.29) is 25.6 Å². The van der Waals surface area contributed by atoms with Crippen LogP contribution in [0.2, 0.25) is 0 Å². The van der Waals surface area contributed by atoms with Crippen LogP contribution < -0.4 is 5.32 Å². The van der Waals surface area contributed by atoms with Crippen LogP contribution in [0.5, 0.6) is 0 Å². The number of pyridine rings is 1. The van der Waals surface area contributed by atoms with E-state index in [1.165, 1.54) is 4.31 Å². The van der Waals surface area contributed by atoms with Crippen molar-refractivity contribution in [2.45, 2.75) is 19.1 Å². The van der Waals surface area contributed by atoms with E-state index < -0.39 is 15.6 Å². The van der Waals surface area contributed by atoms with E-state index in [0.717, 1.165) is 11.8 Å². The second kappa shape index (κ2) is 6.08. The highest BCUT2D eigenvalue weighted by molar-refractivity contribution is 7.88. The molecule has 1 atom stereocenters. The number of aromatic nitrogens is 1. The SMILES string of the molecule is CC1(C(=O)NCc2cccnc2)CN(S(C)(=O)=O)CCO1. The van der Waals surface area contributed by atoms with Gasteiger partial charge >= 0.3 is 0 Å². The molecule has 1 amide bonds. The van der Waals surface area contributed by atoms with Gasteiger partial charge in [-0.05, 0) is 18.6 Å². The van der Waals surface area contributed by atoms with Crippen molar-refractivity contribution in [1.29, 1.82) is 0 Å². The van der Waals surface area contributed by atoms with E-state index >= 15 is 0 Å². The van der Waals surface area contributed by atoms with Gasteiger partial charge in [-0.25, -0.2) is 8.42 Å². The fourth-order valence-corrected chi connectivity index (χ4v) is 3.01. The average Bonchev–Trinajstić information content (AvgIpc) is 2.45. The number of sulfonamides is 1. The minimum absolute atomic E-state index is 0.0186. The Bertz CT molecular complexity index is 605. The van der Waals surface area contributed by atoms with E-state index in [1.807, 2.05) is 6.07 Å². The summed E-state index contributed by atoms with van der Waals surface area (Å²) >= 11 is 0. The van der Waals surface area contributed by atoms with Gasteiger partial charge in [-0.1, -0.05) is 6.07 Å². The Morgan fingerprint density at radius 1 is 1.57 bits per heavy atom. The Morgan fingerprint density at radius 3 is 2.95 bits per heavy atom. The molecule has 0 saturated carbocycles. The maximum atomic E-state index is 12.3. The third-order valence-corrected chi connectivity index (χ3v) is 4.61. The van der Waals surface area contributed by atoms with Crippen molar-refractivity contribution in [3.63, 3.8) is 0 Å². The largest absolute Gasteiger partial charge is 0.363 e. The predicted molar refractivity (Wildman–Crippen MR) is 76.9 cm³/mol. The quantitative estimate of drug-likeness (QED) is 0.828. The van der Waals surface area contributed by atoms with Gasteiger partial charge in [0, 0.05) is 25.5 Å². The van der Waals surface area contributed by atoms with Gasteiger partial charge in [0.15, 0.2) is 5.60 Å². The van der Waals surface area contributed by atoms with Gasteiger partial charge in [-0.15, -0.1) is 0 Å². The minimum Gasteiger partial charge on any atom is -0.363 e. The second-order valence-electron chi connectivity index (χ2n) is 5.22. The van der Waals surface area contributed by atoms with E-state index in [1.54, 1.807) is 25.4 Å². The molecule has 1 aliphatic rings. The third kappa shape index (κ3) is 3.99. The van der Waals surface area contributed by atoms with E-state index in [4.69, 9.17) is 4.74 Å². The minimum atomic E-state index is -3.33. The predicted octanol–water partition coefficient (Wildman–Crippen LogP) is -0.252. The van der Waals surface area contributed by atoms with Gasteiger partial charge in [-0.3, -0.25) is 9.78 Å². The van der Waals surface area contributed by atoms with E-state index in [0.29, 0.717) is 6.54 Å². The molecule has 0 aromatic carbocycles. The number of nitrogens with one attached hydrogen (secondary N) is 1. The van der Waals surface area contributed by atoms with Crippen molar-refractivity contribution < 1.29 is 17.9 Å². The van der Waals surface area contributed by atoms with E-state index in [9.17, 15) is 13.2 Å². The number of rotatable bonds is 4. The van der Waals surface area contributed by atoms with Crippen LogP contribution in [0.1, 0.15) is 12.5 Å². The van der Waals surface area contributed by atoms with Crippen LogP contribution in [-0.4, -0.2) is 55.2 Å². The summed E-state index contributed by atoms with van der Waals surface area (Å²) in [6, 6.07) is 3.63. The van der Waals surface area contributed by atoms with Gasteiger partial charge < -0.3 is 10.1 Å². The van der Waals surface area contributed by atoms with Crippen LogP contribution in [0.4, 0.5) is 0 Å². The van der Waals surface area contributed by atoms with Gasteiger partial charge in [0.2, 0.25) is 10.0 Å². The van der Waals surface area contributed by atoms with Crippen molar-refractivity contribution in [3.05, 3.63) is 30.1 Å². The summed E-state index contributed by atoms with van der Waals surface area (Å²) in [6.07, 6.45) is 4.44. The highest BCUT2D eigenvalue weighted by Gasteiger charge is 2.41. The summed E-state index contributed by atoms with van der Waals surface area (Å²) in [5, 5.41) is 2.76. The van der Waals surface area contributed by atoms with Crippen LogP contribution in [0.3, 0.4) is 0 Å². The van der Waals surface area contributed by atoms with Gasteiger partial charge in [-0.2, -0.15) is 4.31 Å². The molecule has 1 unspecified atom stereocenters. The molecular formula is C13H19N3O4S. The summed E-state index contributed by atoms with van der Waals surface area (Å²) in [5.74, 6) is -0.334. The maximum Gasteiger partial charge on any atom is 0.253 e. The molecule has 2 rings (SSSR count). The Balaban J connectivity index is 2.00. The van der Waals surface area contributed by atoms with Crippen LogP contribution in [0, 0.1) is 0 Å². The number of morpholine rings is 1. The Hall–Kier alpha value is -1.51. The van der Waals surface area contributed by atoms with Crippen LogP contribution >= 0.6 is 0 Å². The summed E-state index contributed by atoms with van der Waals surface area (Å²) in [7, 11) is -3.33. The first-order valence-electron chi connectivity index (χ1n) is 6.57. The molecule has 116 valence electrons. The summed E-state index contributed by atoms with van der Waals surface area (Å²) in [4.78, 5) is 16.3. The lowest BCUT2D eigenvalue weighted by atomic mass is 10.0. The monoisotopic (exact) mass is 313 g/mol. The molecule has 0 radical (unpaired) electrons. The lowest BCUT2D eigenvalue weighted by molar-refractivity contribution is -0.152. The molecule has 0 spiro atoms. The lowest BCUT2D eigenvalue weighted by Gasteiger charge is -2.37. The second-order valence-corrected chi connectivity index (χ2v) is 7.20. The van der Waals surface area contributed by atoms with Crippen LogP contribution in [0.25, 0.3) is 0 Å². The lowest BCUT2D eigenvalue weighted by Crippen LogP contribution is -2.59. The number of hydrogen-bond donors (Lipinski definition) is 1. The summed E-state index contributed by atoms with van der Waals surface area (Å²) < 4.78 is 30.0. The highest BCUT2D eigenvalue weighted by atomic mass is 32.2. The molecule has 0 aliphatic carbocycles. The van der Waals surface area contributed by atoms with Crippen molar-refractivity contribution in [3.8, 4) is 0 Å². The number of carbonyl (C=O) groups excluding carboxylic acids is 1. The topological polar surface area (TPSA) is 88.6 Å².